The Morgan fingerprint density at radius 1 is 1.59 bits per heavy atom. The molecule has 2 N–H and O–H groups in total. The van der Waals surface area contributed by atoms with Gasteiger partial charge in [-0.05, 0) is 13.3 Å². The first-order valence-electron chi connectivity index (χ1n) is 5.70. The lowest BCUT2D eigenvalue weighted by Gasteiger charge is -2.06. The lowest BCUT2D eigenvalue weighted by Crippen LogP contribution is -2.30. The first-order valence-corrected chi connectivity index (χ1v) is 5.70. The summed E-state index contributed by atoms with van der Waals surface area (Å²) in [5.74, 6) is 0.382. The second-order valence-electron chi connectivity index (χ2n) is 4.28. The van der Waals surface area contributed by atoms with Gasteiger partial charge in [0.25, 0.3) is 5.91 Å². The van der Waals surface area contributed by atoms with Crippen molar-refractivity contribution in [1.29, 1.82) is 0 Å². The third-order valence-corrected chi connectivity index (χ3v) is 2.70. The monoisotopic (exact) mass is 237 g/mol. The number of carbonyl (C=O) groups excluding carboxylic acids is 2. The average Bonchev–Trinajstić information content (AvgIpc) is 2.71. The second-order valence-corrected chi connectivity index (χ2v) is 4.28. The van der Waals surface area contributed by atoms with Gasteiger partial charge in [0.15, 0.2) is 11.5 Å². The quantitative estimate of drug-likeness (QED) is 0.818. The molecule has 0 aromatic carbocycles. The van der Waals surface area contributed by atoms with E-state index in [9.17, 15) is 9.59 Å². The molecule has 5 heteroatoms. The summed E-state index contributed by atoms with van der Waals surface area (Å²) in [6.07, 6.45) is 1.38. The molecule has 1 unspecified atom stereocenters. The minimum Gasteiger partial charge on any atom is -0.455 e. The van der Waals surface area contributed by atoms with Crippen LogP contribution in [0.1, 0.15) is 46.4 Å². The predicted molar refractivity (Wildman–Crippen MR) is 60.0 cm³/mol. The minimum atomic E-state index is -0.606. The van der Waals surface area contributed by atoms with Gasteiger partial charge in [-0.3, -0.25) is 9.59 Å². The van der Waals surface area contributed by atoms with Crippen molar-refractivity contribution in [3.05, 3.63) is 23.2 Å². The number of nitrogens with one attached hydrogen (secondary N) is 1. The molecular weight excluding hydrogens is 222 g/mol. The maximum Gasteiger partial charge on any atom is 0.287 e. The Labute approximate surface area is 98.8 Å². The van der Waals surface area contributed by atoms with Crippen LogP contribution >= 0.6 is 0 Å². The van der Waals surface area contributed by atoms with Crippen molar-refractivity contribution in [1.82, 2.24) is 5.32 Å². The van der Waals surface area contributed by atoms with Crippen LogP contribution < -0.4 is 5.32 Å². The van der Waals surface area contributed by atoms with Crippen LogP contribution in [0, 0.1) is 0 Å². The van der Waals surface area contributed by atoms with E-state index in [2.05, 4.69) is 5.32 Å². The smallest absolute Gasteiger partial charge is 0.287 e. The van der Waals surface area contributed by atoms with E-state index in [-0.39, 0.29) is 18.1 Å². The molecule has 0 saturated carbocycles. The van der Waals surface area contributed by atoms with E-state index in [1.54, 1.807) is 6.92 Å². The van der Waals surface area contributed by atoms with E-state index in [1.165, 1.54) is 6.07 Å². The molecule has 2 rings (SSSR count). The Morgan fingerprint density at radius 2 is 2.35 bits per heavy atom. The van der Waals surface area contributed by atoms with Crippen molar-refractivity contribution >= 4 is 11.7 Å². The third kappa shape index (κ3) is 2.55. The molecule has 0 fully saturated rings. The van der Waals surface area contributed by atoms with Gasteiger partial charge in [0.1, 0.15) is 5.76 Å². The van der Waals surface area contributed by atoms with Crippen molar-refractivity contribution < 1.29 is 19.1 Å². The summed E-state index contributed by atoms with van der Waals surface area (Å²) in [7, 11) is 0. The highest BCUT2D eigenvalue weighted by Gasteiger charge is 2.24. The van der Waals surface area contributed by atoms with Gasteiger partial charge in [-0.15, -0.1) is 0 Å². The van der Waals surface area contributed by atoms with Gasteiger partial charge >= 0.3 is 0 Å². The predicted octanol–water partition coefficient (Wildman–Crippen LogP) is 0.909. The topological polar surface area (TPSA) is 79.5 Å². The highest BCUT2D eigenvalue weighted by Crippen LogP contribution is 2.24. The average molecular weight is 237 g/mol. The van der Waals surface area contributed by atoms with Gasteiger partial charge in [-0.25, -0.2) is 0 Å². The number of ketones is 1. The fourth-order valence-corrected chi connectivity index (χ4v) is 1.83. The molecule has 0 radical (unpaired) electrons. The molecule has 1 aliphatic carbocycles. The van der Waals surface area contributed by atoms with Crippen LogP contribution in [0.5, 0.6) is 0 Å². The van der Waals surface area contributed by atoms with Crippen LogP contribution in [0.2, 0.25) is 0 Å². The molecule has 1 aromatic rings. The van der Waals surface area contributed by atoms with Crippen molar-refractivity contribution in [2.75, 3.05) is 6.54 Å². The summed E-state index contributed by atoms with van der Waals surface area (Å²) in [5, 5.41) is 11.6. The summed E-state index contributed by atoms with van der Waals surface area (Å²) in [6.45, 7) is 1.75. The number of carbonyl (C=O) groups is 2. The number of furan rings is 1. The van der Waals surface area contributed by atoms with Crippen molar-refractivity contribution in [3.8, 4) is 0 Å². The highest BCUT2D eigenvalue weighted by atomic mass is 16.4. The molecule has 0 bridgehead atoms. The number of fused-ring (bicyclic) bond motifs is 1. The Balaban J connectivity index is 2.12. The van der Waals surface area contributed by atoms with Crippen LogP contribution in [0.25, 0.3) is 0 Å². The fourth-order valence-electron chi connectivity index (χ4n) is 1.83. The molecule has 1 aromatic heterocycles. The lowest BCUT2D eigenvalue weighted by atomic mass is 9.97. The molecule has 1 amide bonds. The summed E-state index contributed by atoms with van der Waals surface area (Å²) >= 11 is 0. The van der Waals surface area contributed by atoms with Crippen molar-refractivity contribution in [3.63, 3.8) is 0 Å². The Bertz CT molecular complexity index is 447. The van der Waals surface area contributed by atoms with E-state index < -0.39 is 12.0 Å². The number of aliphatic hydroxyl groups is 1. The van der Waals surface area contributed by atoms with Crippen LogP contribution in [0.3, 0.4) is 0 Å². The molecule has 5 nitrogen and oxygen atoms in total. The zero-order chi connectivity index (χ0) is 12.4. The molecule has 0 saturated heterocycles. The first-order chi connectivity index (χ1) is 8.08. The zero-order valence-electron chi connectivity index (χ0n) is 9.66. The Morgan fingerprint density at radius 3 is 3.00 bits per heavy atom. The van der Waals surface area contributed by atoms with E-state index in [0.29, 0.717) is 24.2 Å². The number of Topliss-reactive ketones (excluding diaryl/α,β-unsaturated/α-hetero) is 1. The van der Waals surface area contributed by atoms with Crippen LogP contribution in [0.4, 0.5) is 0 Å². The van der Waals surface area contributed by atoms with E-state index >= 15 is 0 Å². The maximum absolute atomic E-state index is 11.6. The fraction of sp³-hybridized carbons (Fsp3) is 0.500. The Hall–Kier alpha value is -1.62. The third-order valence-electron chi connectivity index (χ3n) is 2.70. The van der Waals surface area contributed by atoms with Gasteiger partial charge in [-0.1, -0.05) is 0 Å². The number of hydrogen-bond acceptors (Lipinski definition) is 4. The number of hydrogen-bond donors (Lipinski definition) is 2. The second kappa shape index (κ2) is 4.71. The van der Waals surface area contributed by atoms with Gasteiger partial charge < -0.3 is 14.8 Å². The summed E-state index contributed by atoms with van der Waals surface area (Å²) in [5.41, 5.74) is 0.526. The lowest BCUT2D eigenvalue weighted by molar-refractivity contribution is 0.0892. The SMILES string of the molecule is CC(O)CNC(=O)c1cc2c(o1)CCCC2=O. The van der Waals surface area contributed by atoms with Gasteiger partial charge in [0.2, 0.25) is 0 Å². The van der Waals surface area contributed by atoms with Crippen LogP contribution in [-0.2, 0) is 6.42 Å². The molecular formula is C12H15NO4. The first kappa shape index (κ1) is 11.9. The standard InChI is InChI=1S/C12H15NO4/c1-7(14)6-13-12(16)11-5-8-9(15)3-2-4-10(8)17-11/h5,7,14H,2-4,6H2,1H3,(H,13,16). The zero-order valence-corrected chi connectivity index (χ0v) is 9.66. The van der Waals surface area contributed by atoms with Gasteiger partial charge in [-0.2, -0.15) is 0 Å². The summed E-state index contributed by atoms with van der Waals surface area (Å²) < 4.78 is 5.36. The molecule has 17 heavy (non-hydrogen) atoms. The van der Waals surface area contributed by atoms with E-state index in [1.807, 2.05) is 0 Å². The normalized spacial score (nSPS) is 16.5. The van der Waals surface area contributed by atoms with E-state index in [4.69, 9.17) is 9.52 Å². The van der Waals surface area contributed by atoms with Crippen molar-refractivity contribution in [2.45, 2.75) is 32.3 Å². The summed E-state index contributed by atoms with van der Waals surface area (Å²) in [6, 6.07) is 1.49. The molecule has 1 aliphatic rings. The van der Waals surface area contributed by atoms with Crippen LogP contribution in [0.15, 0.2) is 10.5 Å². The molecule has 92 valence electrons. The van der Waals surface area contributed by atoms with Crippen LogP contribution in [-0.4, -0.2) is 29.4 Å². The number of rotatable bonds is 3. The number of amides is 1. The maximum atomic E-state index is 11.6. The molecule has 1 atom stereocenters. The highest BCUT2D eigenvalue weighted by molar-refractivity contribution is 6.01. The largest absolute Gasteiger partial charge is 0.455 e. The molecule has 0 spiro atoms. The van der Waals surface area contributed by atoms with Gasteiger partial charge in [0.05, 0.1) is 11.7 Å². The minimum absolute atomic E-state index is 0.0320. The van der Waals surface area contributed by atoms with E-state index in [0.717, 1.165) is 6.42 Å². The number of aryl methyl sites for hydroxylation is 1. The molecule has 0 aliphatic heterocycles. The molecule has 1 heterocycles. The number of aliphatic hydroxyl groups excluding tert-OH is 1. The Kier molecular flexibility index (Phi) is 3.28. The summed E-state index contributed by atoms with van der Waals surface area (Å²) in [4.78, 5) is 23.2. The van der Waals surface area contributed by atoms with Crippen molar-refractivity contribution in [2.24, 2.45) is 0 Å². The van der Waals surface area contributed by atoms with Gasteiger partial charge in [0, 0.05) is 25.5 Å².